The van der Waals surface area contributed by atoms with Crippen LogP contribution in [0.15, 0.2) is 60.4 Å². The maximum Gasteiger partial charge on any atom is 0.267 e. The van der Waals surface area contributed by atoms with Gasteiger partial charge in [-0.05, 0) is 12.1 Å². The van der Waals surface area contributed by atoms with Crippen LogP contribution < -0.4 is 9.46 Å². The van der Waals surface area contributed by atoms with Crippen LogP contribution in [0.2, 0.25) is 5.02 Å². The molecular formula is C21H14ClF2N7O3S. The average molecular weight is 518 g/mol. The summed E-state index contributed by atoms with van der Waals surface area (Å²) in [4.78, 5) is 18.8. The number of hydrogen-bond acceptors (Lipinski definition) is 7. The molecule has 35 heavy (non-hydrogen) atoms. The second-order valence-electron chi connectivity index (χ2n) is 7.15. The van der Waals surface area contributed by atoms with E-state index in [-0.39, 0.29) is 27.8 Å². The zero-order chi connectivity index (χ0) is 24.7. The number of halogens is 3. The van der Waals surface area contributed by atoms with Crippen molar-refractivity contribution < 1.29 is 21.9 Å². The number of fused-ring (bicyclic) bond motifs is 1. The number of anilines is 1. The Kier molecular flexibility index (Phi) is 5.57. The van der Waals surface area contributed by atoms with Crippen molar-refractivity contribution >= 4 is 32.8 Å². The van der Waals surface area contributed by atoms with Gasteiger partial charge in [0.1, 0.15) is 23.7 Å². The molecule has 0 saturated heterocycles. The first kappa shape index (κ1) is 22.7. The lowest BCUT2D eigenvalue weighted by molar-refractivity contribution is 0.382. The first-order valence-corrected chi connectivity index (χ1v) is 11.7. The fourth-order valence-corrected chi connectivity index (χ4v) is 4.98. The standard InChI is InChI=1S/C21H14ClF2N7O3S/c1-34-21-16(6-11(23)7-28-21)35(32,33)30-13-3-2-12(24)17(18(13)22)14-9-31-10-29-19(15(31)8-27-14)20-25-4-5-26-20/h2-10,30H,1H3,(H,25,26). The molecule has 0 saturated carbocycles. The number of H-pyrrole nitrogens is 1. The van der Waals surface area contributed by atoms with Crippen LogP contribution in [-0.4, -0.2) is 44.8 Å². The molecule has 0 spiro atoms. The Morgan fingerprint density at radius 2 is 1.97 bits per heavy atom. The van der Waals surface area contributed by atoms with Gasteiger partial charge in [0.2, 0.25) is 5.88 Å². The van der Waals surface area contributed by atoms with E-state index in [0.29, 0.717) is 17.0 Å². The van der Waals surface area contributed by atoms with E-state index in [4.69, 9.17) is 16.3 Å². The highest BCUT2D eigenvalue weighted by Gasteiger charge is 2.25. The van der Waals surface area contributed by atoms with Crippen LogP contribution in [0, 0.1) is 11.6 Å². The molecule has 0 atom stereocenters. The highest BCUT2D eigenvalue weighted by atomic mass is 35.5. The molecule has 10 nitrogen and oxygen atoms in total. The number of nitrogens with zero attached hydrogens (tertiary/aromatic N) is 5. The summed E-state index contributed by atoms with van der Waals surface area (Å²) < 4.78 is 63.1. The fourth-order valence-electron chi connectivity index (χ4n) is 3.42. The van der Waals surface area contributed by atoms with Gasteiger partial charge >= 0.3 is 0 Å². The molecule has 178 valence electrons. The van der Waals surface area contributed by atoms with Crippen LogP contribution in [0.1, 0.15) is 0 Å². The molecule has 4 aromatic heterocycles. The fraction of sp³-hybridized carbons (Fsp3) is 0.0476. The number of aromatic amines is 1. The average Bonchev–Trinajstić information content (AvgIpc) is 3.50. The number of methoxy groups -OCH3 is 1. The van der Waals surface area contributed by atoms with Crippen molar-refractivity contribution in [3.05, 3.63) is 72.2 Å². The molecule has 0 aliphatic heterocycles. The Morgan fingerprint density at radius 1 is 1.14 bits per heavy atom. The van der Waals surface area contributed by atoms with Gasteiger partial charge in [-0.3, -0.25) is 9.71 Å². The van der Waals surface area contributed by atoms with Crippen LogP contribution in [-0.2, 0) is 10.0 Å². The van der Waals surface area contributed by atoms with E-state index in [1.165, 1.54) is 25.8 Å². The van der Waals surface area contributed by atoms with Crippen LogP contribution in [0.25, 0.3) is 28.3 Å². The maximum absolute atomic E-state index is 14.9. The minimum absolute atomic E-state index is 0.120. The number of sulfonamides is 1. The highest BCUT2D eigenvalue weighted by molar-refractivity contribution is 7.92. The SMILES string of the molecule is COc1ncc(F)cc1S(=O)(=O)Nc1ccc(F)c(-c2cn3cnc(-c4ncc[nH]4)c3cn2)c1Cl. The van der Waals surface area contributed by atoms with Gasteiger partial charge in [0.15, 0.2) is 10.7 Å². The Morgan fingerprint density at radius 3 is 2.71 bits per heavy atom. The van der Waals surface area contributed by atoms with E-state index in [9.17, 15) is 17.2 Å². The third-order valence-corrected chi connectivity index (χ3v) is 6.75. The van der Waals surface area contributed by atoms with Gasteiger partial charge in [0.05, 0.1) is 47.0 Å². The van der Waals surface area contributed by atoms with Crippen LogP contribution >= 0.6 is 11.6 Å². The quantitative estimate of drug-likeness (QED) is 0.349. The molecule has 0 unspecified atom stereocenters. The first-order chi connectivity index (χ1) is 16.8. The monoisotopic (exact) mass is 517 g/mol. The molecule has 0 aliphatic rings. The van der Waals surface area contributed by atoms with Crippen molar-refractivity contribution in [1.29, 1.82) is 0 Å². The summed E-state index contributed by atoms with van der Waals surface area (Å²) in [6, 6.07) is 2.93. The van der Waals surface area contributed by atoms with Crippen LogP contribution in [0.5, 0.6) is 5.88 Å². The normalized spacial score (nSPS) is 11.7. The van der Waals surface area contributed by atoms with Crippen molar-refractivity contribution in [1.82, 2.24) is 29.3 Å². The molecule has 14 heteroatoms. The highest BCUT2D eigenvalue weighted by Crippen LogP contribution is 2.37. The second kappa shape index (κ2) is 8.60. The minimum atomic E-state index is -4.40. The molecule has 2 N–H and O–H groups in total. The van der Waals surface area contributed by atoms with Crippen molar-refractivity contribution in [2.24, 2.45) is 0 Å². The smallest absolute Gasteiger partial charge is 0.267 e. The molecule has 0 amide bonds. The van der Waals surface area contributed by atoms with Crippen LogP contribution in [0.3, 0.4) is 0 Å². The third kappa shape index (κ3) is 4.04. The number of nitrogens with one attached hydrogen (secondary N) is 2. The van der Waals surface area contributed by atoms with E-state index in [1.54, 1.807) is 16.8 Å². The lowest BCUT2D eigenvalue weighted by Gasteiger charge is -2.14. The first-order valence-electron chi connectivity index (χ1n) is 9.81. The molecule has 4 heterocycles. The summed E-state index contributed by atoms with van der Waals surface area (Å²) in [6.07, 6.45) is 8.52. The number of hydrogen-bond donors (Lipinski definition) is 2. The lowest BCUT2D eigenvalue weighted by Crippen LogP contribution is -2.15. The van der Waals surface area contributed by atoms with Crippen molar-refractivity contribution in [2.75, 3.05) is 11.8 Å². The van der Waals surface area contributed by atoms with Gasteiger partial charge in [0, 0.05) is 24.7 Å². The van der Waals surface area contributed by atoms with E-state index in [1.807, 2.05) is 0 Å². The summed E-state index contributed by atoms with van der Waals surface area (Å²) in [5, 5.41) is -0.255. The van der Waals surface area contributed by atoms with E-state index < -0.39 is 26.6 Å². The maximum atomic E-state index is 14.9. The van der Waals surface area contributed by atoms with Crippen molar-refractivity contribution in [3.63, 3.8) is 0 Å². The molecule has 5 aromatic rings. The third-order valence-electron chi connectivity index (χ3n) is 5.00. The minimum Gasteiger partial charge on any atom is -0.480 e. The molecule has 0 radical (unpaired) electrons. The second-order valence-corrected chi connectivity index (χ2v) is 9.18. The zero-order valence-electron chi connectivity index (χ0n) is 17.7. The predicted octanol–water partition coefficient (Wildman–Crippen LogP) is 3.92. The van der Waals surface area contributed by atoms with E-state index in [2.05, 4.69) is 29.6 Å². The number of rotatable bonds is 6. The van der Waals surface area contributed by atoms with Crippen LogP contribution in [0.4, 0.5) is 14.5 Å². The molecule has 0 bridgehead atoms. The Hall–Kier alpha value is -4.10. The Bertz CT molecular complexity index is 1670. The topological polar surface area (TPSA) is 127 Å². The number of pyridine rings is 1. The lowest BCUT2D eigenvalue weighted by atomic mass is 10.1. The van der Waals surface area contributed by atoms with E-state index in [0.717, 1.165) is 24.4 Å². The Balaban J connectivity index is 1.56. The summed E-state index contributed by atoms with van der Waals surface area (Å²) in [6.45, 7) is 0. The zero-order valence-corrected chi connectivity index (χ0v) is 19.3. The molecule has 0 aliphatic carbocycles. The molecule has 1 aromatic carbocycles. The van der Waals surface area contributed by atoms with Gasteiger partial charge in [-0.2, -0.15) is 0 Å². The van der Waals surface area contributed by atoms with Gasteiger partial charge in [0.25, 0.3) is 10.0 Å². The summed E-state index contributed by atoms with van der Waals surface area (Å²) in [7, 11) is -3.21. The number of benzene rings is 1. The number of imidazole rings is 2. The summed E-state index contributed by atoms with van der Waals surface area (Å²) in [5.41, 5.74) is 0.960. The van der Waals surface area contributed by atoms with Gasteiger partial charge in [-0.25, -0.2) is 32.2 Å². The summed E-state index contributed by atoms with van der Waals surface area (Å²) in [5.74, 6) is -1.41. The van der Waals surface area contributed by atoms with Crippen molar-refractivity contribution in [3.8, 4) is 28.7 Å². The number of ether oxygens (including phenoxy) is 1. The van der Waals surface area contributed by atoms with Crippen molar-refractivity contribution in [2.45, 2.75) is 4.90 Å². The van der Waals surface area contributed by atoms with Gasteiger partial charge in [-0.15, -0.1) is 0 Å². The molecule has 0 fully saturated rings. The number of aromatic nitrogens is 6. The van der Waals surface area contributed by atoms with Gasteiger partial charge in [-0.1, -0.05) is 11.6 Å². The largest absolute Gasteiger partial charge is 0.480 e. The van der Waals surface area contributed by atoms with Gasteiger partial charge < -0.3 is 14.1 Å². The molecular weight excluding hydrogens is 504 g/mol. The Labute approximate surface area is 201 Å². The predicted molar refractivity (Wildman–Crippen MR) is 123 cm³/mol. The summed E-state index contributed by atoms with van der Waals surface area (Å²) >= 11 is 6.42. The van der Waals surface area contributed by atoms with E-state index >= 15 is 0 Å². The molecule has 5 rings (SSSR count).